The minimum absolute atomic E-state index is 0.673. The molecule has 0 aliphatic carbocycles. The molecule has 0 spiro atoms. The highest BCUT2D eigenvalue weighted by Gasteiger charge is 2.16. The van der Waals surface area contributed by atoms with Crippen molar-refractivity contribution >= 4 is 22.5 Å². The van der Waals surface area contributed by atoms with E-state index in [9.17, 15) is 0 Å². The summed E-state index contributed by atoms with van der Waals surface area (Å²) in [6.45, 7) is 2.20. The maximum atomic E-state index is 5.97. The molecule has 1 unspecified atom stereocenters. The maximum Gasteiger partial charge on any atom is 0.129 e. The van der Waals surface area contributed by atoms with Gasteiger partial charge in [0, 0.05) is 23.0 Å². The molecule has 0 amide bonds. The van der Waals surface area contributed by atoms with E-state index < -0.39 is 0 Å². The number of aromatic nitrogens is 2. The van der Waals surface area contributed by atoms with Gasteiger partial charge in [-0.15, -0.1) is 0 Å². The van der Waals surface area contributed by atoms with Gasteiger partial charge in [0.05, 0.1) is 5.52 Å². The number of hydrogen-bond acceptors (Lipinski definition) is 3. The van der Waals surface area contributed by atoms with Crippen molar-refractivity contribution < 1.29 is 0 Å². The van der Waals surface area contributed by atoms with Crippen LogP contribution in [0.5, 0.6) is 0 Å². The zero-order valence-corrected chi connectivity index (χ0v) is 10.2. The van der Waals surface area contributed by atoms with Gasteiger partial charge in [-0.2, -0.15) is 0 Å². The Bertz CT molecular complexity index is 535. The Hall–Kier alpha value is -1.19. The fraction of sp³-hybridized carbons (Fsp3) is 0.385. The summed E-state index contributed by atoms with van der Waals surface area (Å²) in [4.78, 5) is 8.99. The standard InChI is InChI=1S/C13H14ClN3/c14-11-2-1-10-8-16-13(17-12(10)6-11)5-9-3-4-15-7-9/h1-2,6,8-9,15H,3-5,7H2. The summed E-state index contributed by atoms with van der Waals surface area (Å²) in [6, 6.07) is 5.72. The summed E-state index contributed by atoms with van der Waals surface area (Å²) >= 11 is 5.97. The quantitative estimate of drug-likeness (QED) is 0.886. The monoisotopic (exact) mass is 247 g/mol. The lowest BCUT2D eigenvalue weighted by Gasteiger charge is -2.07. The minimum Gasteiger partial charge on any atom is -0.316 e. The Balaban J connectivity index is 1.89. The molecule has 3 nitrogen and oxygen atoms in total. The molecule has 1 aliphatic heterocycles. The topological polar surface area (TPSA) is 37.8 Å². The average Bonchev–Trinajstić information content (AvgIpc) is 2.81. The van der Waals surface area contributed by atoms with Crippen molar-refractivity contribution in [1.82, 2.24) is 15.3 Å². The fourth-order valence-electron chi connectivity index (χ4n) is 2.28. The lowest BCUT2D eigenvalue weighted by atomic mass is 10.0. The van der Waals surface area contributed by atoms with Crippen LogP contribution in [-0.4, -0.2) is 23.1 Å². The molecule has 2 heterocycles. The highest BCUT2D eigenvalue weighted by atomic mass is 35.5. The van der Waals surface area contributed by atoms with Gasteiger partial charge < -0.3 is 5.32 Å². The molecule has 1 saturated heterocycles. The van der Waals surface area contributed by atoms with E-state index in [0.29, 0.717) is 5.92 Å². The van der Waals surface area contributed by atoms with Crippen LogP contribution in [0.25, 0.3) is 10.9 Å². The van der Waals surface area contributed by atoms with Crippen molar-refractivity contribution in [3.63, 3.8) is 0 Å². The second-order valence-electron chi connectivity index (χ2n) is 4.55. The van der Waals surface area contributed by atoms with Gasteiger partial charge in [0.2, 0.25) is 0 Å². The van der Waals surface area contributed by atoms with Crippen molar-refractivity contribution in [2.75, 3.05) is 13.1 Å². The Morgan fingerprint density at radius 1 is 1.41 bits per heavy atom. The van der Waals surface area contributed by atoms with E-state index in [2.05, 4.69) is 15.3 Å². The largest absolute Gasteiger partial charge is 0.316 e. The second-order valence-corrected chi connectivity index (χ2v) is 4.99. The van der Waals surface area contributed by atoms with Crippen molar-refractivity contribution in [2.45, 2.75) is 12.8 Å². The maximum absolute atomic E-state index is 5.97. The lowest BCUT2D eigenvalue weighted by molar-refractivity contribution is 0.563. The van der Waals surface area contributed by atoms with Crippen LogP contribution in [0.15, 0.2) is 24.4 Å². The molecule has 2 aromatic rings. The van der Waals surface area contributed by atoms with Crippen LogP contribution >= 0.6 is 11.6 Å². The van der Waals surface area contributed by atoms with Gasteiger partial charge in [-0.25, -0.2) is 9.97 Å². The first-order valence-corrected chi connectivity index (χ1v) is 6.31. The Labute approximate surface area is 105 Å². The molecule has 4 heteroatoms. The van der Waals surface area contributed by atoms with Crippen molar-refractivity contribution in [1.29, 1.82) is 0 Å². The first-order chi connectivity index (χ1) is 8.31. The molecule has 1 fully saturated rings. The molecule has 0 bridgehead atoms. The summed E-state index contributed by atoms with van der Waals surface area (Å²) in [5.41, 5.74) is 0.938. The number of nitrogens with one attached hydrogen (secondary N) is 1. The molecule has 1 atom stereocenters. The van der Waals surface area contributed by atoms with Crippen LogP contribution in [0.4, 0.5) is 0 Å². The van der Waals surface area contributed by atoms with Crippen LogP contribution in [0, 0.1) is 5.92 Å². The molecule has 1 N–H and O–H groups in total. The van der Waals surface area contributed by atoms with E-state index >= 15 is 0 Å². The van der Waals surface area contributed by atoms with Crippen molar-refractivity contribution in [2.24, 2.45) is 5.92 Å². The van der Waals surface area contributed by atoms with Gasteiger partial charge in [0.15, 0.2) is 0 Å². The van der Waals surface area contributed by atoms with Crippen LogP contribution < -0.4 is 5.32 Å². The van der Waals surface area contributed by atoms with Gasteiger partial charge in [-0.1, -0.05) is 11.6 Å². The third-order valence-corrected chi connectivity index (χ3v) is 3.46. The lowest BCUT2D eigenvalue weighted by Crippen LogP contribution is -2.12. The second kappa shape index (κ2) is 4.59. The van der Waals surface area contributed by atoms with Crippen LogP contribution in [-0.2, 0) is 6.42 Å². The van der Waals surface area contributed by atoms with E-state index in [1.165, 1.54) is 6.42 Å². The molecule has 0 radical (unpaired) electrons. The predicted octanol–water partition coefficient (Wildman–Crippen LogP) is 2.44. The summed E-state index contributed by atoms with van der Waals surface area (Å²) in [5, 5.41) is 5.13. The normalized spacial score (nSPS) is 19.9. The summed E-state index contributed by atoms with van der Waals surface area (Å²) in [7, 11) is 0. The van der Waals surface area contributed by atoms with E-state index in [1.54, 1.807) is 0 Å². The van der Waals surface area contributed by atoms with Crippen LogP contribution in [0.1, 0.15) is 12.2 Å². The number of rotatable bonds is 2. The molecule has 1 aromatic heterocycles. The number of nitrogens with zero attached hydrogens (tertiary/aromatic N) is 2. The van der Waals surface area contributed by atoms with Crippen LogP contribution in [0.2, 0.25) is 5.02 Å². The van der Waals surface area contributed by atoms with Crippen molar-refractivity contribution in [3.8, 4) is 0 Å². The van der Waals surface area contributed by atoms with Gasteiger partial charge in [0.25, 0.3) is 0 Å². The average molecular weight is 248 g/mol. The van der Waals surface area contributed by atoms with E-state index in [-0.39, 0.29) is 0 Å². The smallest absolute Gasteiger partial charge is 0.129 e. The molecule has 0 saturated carbocycles. The summed E-state index contributed by atoms with van der Waals surface area (Å²) < 4.78 is 0. The number of benzene rings is 1. The number of halogens is 1. The van der Waals surface area contributed by atoms with Gasteiger partial charge in [-0.3, -0.25) is 0 Å². The van der Waals surface area contributed by atoms with Crippen molar-refractivity contribution in [3.05, 3.63) is 35.2 Å². The third kappa shape index (κ3) is 2.40. The predicted molar refractivity (Wildman–Crippen MR) is 69.2 cm³/mol. The first-order valence-electron chi connectivity index (χ1n) is 5.93. The molecule has 3 rings (SSSR count). The SMILES string of the molecule is Clc1ccc2cnc(CC3CCNC3)nc2c1. The number of hydrogen-bond donors (Lipinski definition) is 1. The molecule has 1 aliphatic rings. The van der Waals surface area contributed by atoms with Crippen LogP contribution in [0.3, 0.4) is 0 Å². The third-order valence-electron chi connectivity index (χ3n) is 3.23. The highest BCUT2D eigenvalue weighted by molar-refractivity contribution is 6.31. The van der Waals surface area contributed by atoms with Gasteiger partial charge in [0.1, 0.15) is 5.82 Å². The summed E-state index contributed by atoms with van der Waals surface area (Å²) in [6.07, 6.45) is 4.06. The first kappa shape index (κ1) is 10.9. The minimum atomic E-state index is 0.673. The highest BCUT2D eigenvalue weighted by Crippen LogP contribution is 2.18. The molecule has 88 valence electrons. The molecular weight excluding hydrogens is 234 g/mol. The zero-order chi connectivity index (χ0) is 11.7. The molecule has 1 aromatic carbocycles. The Morgan fingerprint density at radius 3 is 3.18 bits per heavy atom. The fourth-order valence-corrected chi connectivity index (χ4v) is 2.45. The Morgan fingerprint density at radius 2 is 2.35 bits per heavy atom. The van der Waals surface area contributed by atoms with Gasteiger partial charge >= 0.3 is 0 Å². The number of fused-ring (bicyclic) bond motifs is 1. The summed E-state index contributed by atoms with van der Waals surface area (Å²) in [5.74, 6) is 1.60. The zero-order valence-electron chi connectivity index (χ0n) is 9.49. The van der Waals surface area contributed by atoms with Gasteiger partial charge in [-0.05, 0) is 43.6 Å². The Kier molecular flexibility index (Phi) is 2.95. The molecular formula is C13H14ClN3. The van der Waals surface area contributed by atoms with E-state index in [0.717, 1.165) is 41.3 Å². The van der Waals surface area contributed by atoms with E-state index in [1.807, 2.05) is 24.4 Å². The molecule has 17 heavy (non-hydrogen) atoms. The van der Waals surface area contributed by atoms with E-state index in [4.69, 9.17) is 11.6 Å².